The summed E-state index contributed by atoms with van der Waals surface area (Å²) in [4.78, 5) is 19.2. The van der Waals surface area contributed by atoms with Crippen LogP contribution < -0.4 is 4.90 Å². The van der Waals surface area contributed by atoms with E-state index in [2.05, 4.69) is 32.1 Å². The van der Waals surface area contributed by atoms with Gasteiger partial charge in [-0.2, -0.15) is 4.52 Å². The van der Waals surface area contributed by atoms with E-state index in [0.29, 0.717) is 18.2 Å². The number of likely N-dealkylation sites (N-methyl/N-ethyl adjacent to an activating group) is 1. The molecule has 2 aromatic rings. The average molecular weight is 357 g/mol. The van der Waals surface area contributed by atoms with Crippen molar-refractivity contribution < 1.29 is 4.79 Å². The van der Waals surface area contributed by atoms with Gasteiger partial charge in [0.25, 0.3) is 0 Å². The molecule has 0 aliphatic carbocycles. The summed E-state index contributed by atoms with van der Waals surface area (Å²) in [5.41, 5.74) is 0.777. The number of rotatable bonds is 3. The van der Waals surface area contributed by atoms with Crippen LogP contribution in [-0.2, 0) is 4.79 Å². The van der Waals surface area contributed by atoms with E-state index in [0.717, 1.165) is 69.4 Å². The lowest BCUT2D eigenvalue weighted by molar-refractivity contribution is -0.133. The molecule has 2 aliphatic heterocycles. The molecular weight excluding hydrogens is 330 g/mol. The van der Waals surface area contributed by atoms with Gasteiger partial charge in [-0.3, -0.25) is 4.79 Å². The van der Waals surface area contributed by atoms with Crippen LogP contribution in [0.1, 0.15) is 25.1 Å². The average Bonchev–Trinajstić information content (AvgIpc) is 3.03. The zero-order valence-corrected chi connectivity index (χ0v) is 15.6. The van der Waals surface area contributed by atoms with E-state index in [1.54, 1.807) is 4.52 Å². The minimum atomic E-state index is 0.330. The summed E-state index contributed by atoms with van der Waals surface area (Å²) >= 11 is 0. The summed E-state index contributed by atoms with van der Waals surface area (Å²) in [5, 5.41) is 12.8. The molecule has 0 unspecified atom stereocenters. The SMILES string of the molecule is Cc1nnc2ccc(N3CCC(CC(=O)N4CCN(C)CC4)CC3)nn12. The highest BCUT2D eigenvalue weighted by atomic mass is 16.2. The number of carbonyl (C=O) groups excluding carboxylic acids is 1. The van der Waals surface area contributed by atoms with Crippen LogP contribution in [0, 0.1) is 12.8 Å². The van der Waals surface area contributed by atoms with Gasteiger partial charge in [0.15, 0.2) is 11.5 Å². The van der Waals surface area contributed by atoms with E-state index in [1.807, 2.05) is 24.0 Å². The first-order valence-electron chi connectivity index (χ1n) is 9.50. The molecular formula is C18H27N7O. The van der Waals surface area contributed by atoms with Crippen LogP contribution in [0.15, 0.2) is 12.1 Å². The number of hydrogen-bond donors (Lipinski definition) is 0. The van der Waals surface area contributed by atoms with Gasteiger partial charge in [-0.25, -0.2) is 0 Å². The van der Waals surface area contributed by atoms with Gasteiger partial charge in [0.05, 0.1) is 0 Å². The van der Waals surface area contributed by atoms with Crippen LogP contribution in [0.2, 0.25) is 0 Å². The molecule has 8 nitrogen and oxygen atoms in total. The van der Waals surface area contributed by atoms with Gasteiger partial charge < -0.3 is 14.7 Å². The van der Waals surface area contributed by atoms with E-state index < -0.39 is 0 Å². The summed E-state index contributed by atoms with van der Waals surface area (Å²) in [5.74, 6) is 2.58. The summed E-state index contributed by atoms with van der Waals surface area (Å²) in [6.45, 7) is 7.52. The topological polar surface area (TPSA) is 69.9 Å². The number of amides is 1. The van der Waals surface area contributed by atoms with Gasteiger partial charge in [0.1, 0.15) is 5.82 Å². The lowest BCUT2D eigenvalue weighted by Crippen LogP contribution is -2.47. The molecule has 26 heavy (non-hydrogen) atoms. The predicted octanol–water partition coefficient (Wildman–Crippen LogP) is 0.813. The fraction of sp³-hybridized carbons (Fsp3) is 0.667. The van der Waals surface area contributed by atoms with Crippen molar-refractivity contribution in [2.24, 2.45) is 5.92 Å². The number of carbonyl (C=O) groups is 1. The maximum Gasteiger partial charge on any atom is 0.222 e. The monoisotopic (exact) mass is 357 g/mol. The number of fused-ring (bicyclic) bond motifs is 1. The highest BCUT2D eigenvalue weighted by Crippen LogP contribution is 2.25. The molecule has 2 fully saturated rings. The quantitative estimate of drug-likeness (QED) is 0.810. The van der Waals surface area contributed by atoms with E-state index in [9.17, 15) is 4.79 Å². The molecule has 2 saturated heterocycles. The lowest BCUT2D eigenvalue weighted by atomic mass is 9.93. The second kappa shape index (κ2) is 7.19. The molecule has 0 aromatic carbocycles. The van der Waals surface area contributed by atoms with Crippen LogP contribution >= 0.6 is 0 Å². The van der Waals surface area contributed by atoms with Crippen molar-refractivity contribution in [2.45, 2.75) is 26.2 Å². The third kappa shape index (κ3) is 3.51. The van der Waals surface area contributed by atoms with Gasteiger partial charge >= 0.3 is 0 Å². The fourth-order valence-electron chi connectivity index (χ4n) is 3.85. The minimum Gasteiger partial charge on any atom is -0.355 e. The molecule has 8 heteroatoms. The van der Waals surface area contributed by atoms with E-state index >= 15 is 0 Å². The Kier molecular flexibility index (Phi) is 4.76. The Bertz CT molecular complexity index is 773. The van der Waals surface area contributed by atoms with Crippen LogP contribution in [-0.4, -0.2) is 81.8 Å². The maximum absolute atomic E-state index is 12.5. The number of aromatic nitrogens is 4. The summed E-state index contributed by atoms with van der Waals surface area (Å²) in [6, 6.07) is 3.98. The highest BCUT2D eigenvalue weighted by Gasteiger charge is 2.26. The number of piperazine rings is 1. The summed E-state index contributed by atoms with van der Waals surface area (Å²) < 4.78 is 1.79. The Morgan fingerprint density at radius 3 is 2.54 bits per heavy atom. The highest BCUT2D eigenvalue weighted by molar-refractivity contribution is 5.76. The first-order chi connectivity index (χ1) is 12.6. The largest absolute Gasteiger partial charge is 0.355 e. The number of aryl methyl sites for hydroxylation is 1. The van der Waals surface area contributed by atoms with E-state index in [1.165, 1.54) is 0 Å². The first-order valence-corrected chi connectivity index (χ1v) is 9.50. The Hall–Kier alpha value is -2.22. The Balaban J connectivity index is 1.32. The van der Waals surface area contributed by atoms with Crippen molar-refractivity contribution in [3.63, 3.8) is 0 Å². The van der Waals surface area contributed by atoms with Gasteiger partial charge in [-0.15, -0.1) is 15.3 Å². The normalized spacial score (nSPS) is 20.1. The predicted molar refractivity (Wildman–Crippen MR) is 99.2 cm³/mol. The number of hydrogen-bond acceptors (Lipinski definition) is 6. The van der Waals surface area contributed by atoms with Gasteiger partial charge in [-0.05, 0) is 44.9 Å². The summed E-state index contributed by atoms with van der Waals surface area (Å²) in [7, 11) is 2.12. The molecule has 0 N–H and O–H groups in total. The van der Waals surface area contributed by atoms with Crippen molar-refractivity contribution >= 4 is 17.4 Å². The zero-order chi connectivity index (χ0) is 18.1. The Labute approximate surface area is 153 Å². The first kappa shape index (κ1) is 17.2. The van der Waals surface area contributed by atoms with Crippen LogP contribution in [0.4, 0.5) is 5.82 Å². The second-order valence-electron chi connectivity index (χ2n) is 7.53. The molecule has 0 atom stereocenters. The number of piperidine rings is 1. The molecule has 2 aromatic heterocycles. The summed E-state index contributed by atoms with van der Waals surface area (Å²) in [6.07, 6.45) is 2.77. The zero-order valence-electron chi connectivity index (χ0n) is 15.6. The van der Waals surface area contributed by atoms with Crippen molar-refractivity contribution in [3.05, 3.63) is 18.0 Å². The lowest BCUT2D eigenvalue weighted by Gasteiger charge is -2.35. The van der Waals surface area contributed by atoms with Gasteiger partial charge in [0.2, 0.25) is 5.91 Å². The fourth-order valence-corrected chi connectivity index (χ4v) is 3.85. The molecule has 2 aliphatic rings. The van der Waals surface area contributed by atoms with E-state index in [-0.39, 0.29) is 0 Å². The Morgan fingerprint density at radius 2 is 1.81 bits per heavy atom. The molecule has 4 rings (SSSR count). The van der Waals surface area contributed by atoms with Crippen LogP contribution in [0.3, 0.4) is 0 Å². The van der Waals surface area contributed by atoms with Crippen molar-refractivity contribution in [3.8, 4) is 0 Å². The van der Waals surface area contributed by atoms with Crippen molar-refractivity contribution in [2.75, 3.05) is 51.2 Å². The number of anilines is 1. The number of nitrogens with zero attached hydrogens (tertiary/aromatic N) is 7. The minimum absolute atomic E-state index is 0.330. The molecule has 0 saturated carbocycles. The Morgan fingerprint density at radius 1 is 1.08 bits per heavy atom. The molecule has 1 amide bonds. The van der Waals surface area contributed by atoms with E-state index in [4.69, 9.17) is 0 Å². The molecule has 0 bridgehead atoms. The van der Waals surface area contributed by atoms with Crippen LogP contribution in [0.25, 0.3) is 5.65 Å². The van der Waals surface area contributed by atoms with Crippen molar-refractivity contribution in [1.82, 2.24) is 29.6 Å². The molecule has 4 heterocycles. The van der Waals surface area contributed by atoms with Crippen LogP contribution in [0.5, 0.6) is 0 Å². The second-order valence-corrected chi connectivity index (χ2v) is 7.53. The standard InChI is InChI=1S/C18H27N7O/c1-14-19-20-16-3-4-17(21-25(14)16)23-7-5-15(6-8-23)13-18(26)24-11-9-22(2)10-12-24/h3-4,15H,5-13H2,1-2H3. The van der Waals surface area contributed by atoms with Crippen molar-refractivity contribution in [1.29, 1.82) is 0 Å². The molecule has 140 valence electrons. The third-order valence-electron chi connectivity index (χ3n) is 5.66. The maximum atomic E-state index is 12.5. The van der Waals surface area contributed by atoms with Gasteiger partial charge in [0, 0.05) is 45.7 Å². The molecule has 0 radical (unpaired) electrons. The molecule has 0 spiro atoms. The third-order valence-corrected chi connectivity index (χ3v) is 5.66. The van der Waals surface area contributed by atoms with Gasteiger partial charge in [-0.1, -0.05) is 0 Å². The smallest absolute Gasteiger partial charge is 0.222 e.